The highest BCUT2D eigenvalue weighted by Gasteiger charge is 2.21. The molecule has 0 fully saturated rings. The molecule has 0 saturated heterocycles. The minimum atomic E-state index is -1.14. The van der Waals surface area contributed by atoms with Gasteiger partial charge in [-0.15, -0.1) is 0 Å². The minimum Gasteiger partial charge on any atom is -0.462 e. The van der Waals surface area contributed by atoms with Crippen LogP contribution in [-0.2, 0) is 29.7 Å². The number of carbonyl (C=O) groups excluding carboxylic acids is 1. The second-order valence-corrected chi connectivity index (χ2v) is 10.0. The Balaban J connectivity index is 1.93. The summed E-state index contributed by atoms with van der Waals surface area (Å²) in [5, 5.41) is -0.275. The Hall–Kier alpha value is -3.36. The number of ether oxygens (including phenoxy) is 1. The lowest BCUT2D eigenvalue weighted by atomic mass is 10.2. The third kappa shape index (κ3) is 4.70. The van der Waals surface area contributed by atoms with Crippen molar-refractivity contribution in [3.63, 3.8) is 0 Å². The van der Waals surface area contributed by atoms with Crippen molar-refractivity contribution < 1.29 is 13.9 Å². The van der Waals surface area contributed by atoms with Gasteiger partial charge >= 0.3 is 23.0 Å². The standard InChI is InChI=1S/C21H20ClFN6O5S2/c1-11(2)34-16(30)10-26-18(31)25(3)19(32)29(20(26)33)15-9-14(13(23)8-12(15)22)24-17-27-6-4-5-7-28(27)21(35)36-17/h5,7-9,11H,4,6,10H2,1-3H3. The van der Waals surface area contributed by atoms with Crippen LogP contribution in [0.25, 0.3) is 11.9 Å². The van der Waals surface area contributed by atoms with Crippen molar-refractivity contribution in [2.45, 2.75) is 39.5 Å². The van der Waals surface area contributed by atoms with Crippen LogP contribution in [0.5, 0.6) is 0 Å². The topological polar surface area (TPSA) is 115 Å². The summed E-state index contributed by atoms with van der Waals surface area (Å²) in [5.74, 6) is -1.64. The lowest BCUT2D eigenvalue weighted by Crippen LogP contribution is -2.54. The molecular weight excluding hydrogens is 535 g/mol. The maximum Gasteiger partial charge on any atom is 0.341 e. The molecule has 0 aliphatic carbocycles. The summed E-state index contributed by atoms with van der Waals surface area (Å²) < 4.78 is 25.6. The van der Waals surface area contributed by atoms with Crippen LogP contribution in [-0.4, -0.2) is 35.1 Å². The van der Waals surface area contributed by atoms with Gasteiger partial charge in [0.05, 0.1) is 16.8 Å². The van der Waals surface area contributed by atoms with Crippen molar-refractivity contribution >= 4 is 53.0 Å². The summed E-state index contributed by atoms with van der Waals surface area (Å²) in [6.45, 7) is 3.05. The van der Waals surface area contributed by atoms with Crippen molar-refractivity contribution in [3.8, 4) is 5.69 Å². The average Bonchev–Trinajstić information content (AvgIpc) is 3.13. The first kappa shape index (κ1) is 25.7. The monoisotopic (exact) mass is 554 g/mol. The zero-order valence-electron chi connectivity index (χ0n) is 19.3. The Kier molecular flexibility index (Phi) is 7.11. The molecule has 0 atom stereocenters. The van der Waals surface area contributed by atoms with Gasteiger partial charge in [-0.3, -0.25) is 9.48 Å². The van der Waals surface area contributed by atoms with E-state index >= 15 is 0 Å². The normalized spacial score (nSPS) is 13.3. The number of aromatic nitrogens is 5. The highest BCUT2D eigenvalue weighted by atomic mass is 35.5. The summed E-state index contributed by atoms with van der Waals surface area (Å²) >= 11 is 12.7. The third-order valence-electron chi connectivity index (χ3n) is 5.15. The Morgan fingerprint density at radius 2 is 1.97 bits per heavy atom. The first-order valence-corrected chi connectivity index (χ1v) is 12.3. The first-order valence-electron chi connectivity index (χ1n) is 10.6. The van der Waals surface area contributed by atoms with E-state index in [-0.39, 0.29) is 16.4 Å². The van der Waals surface area contributed by atoms with E-state index < -0.39 is 41.5 Å². The second kappa shape index (κ2) is 9.95. The Labute approximate surface area is 216 Å². The summed E-state index contributed by atoms with van der Waals surface area (Å²) in [6, 6.07) is 2.04. The maximum atomic E-state index is 14.9. The fourth-order valence-corrected chi connectivity index (χ4v) is 4.97. The summed E-state index contributed by atoms with van der Waals surface area (Å²) in [7, 11) is 1.14. The molecule has 2 aromatic heterocycles. The fourth-order valence-electron chi connectivity index (χ4n) is 3.52. The summed E-state index contributed by atoms with van der Waals surface area (Å²) in [4.78, 5) is 55.6. The van der Waals surface area contributed by atoms with Crippen molar-refractivity contribution in [3.05, 3.63) is 69.3 Å². The van der Waals surface area contributed by atoms with Crippen LogP contribution in [0.15, 0.2) is 37.6 Å². The number of allylic oxidation sites excluding steroid dienone is 1. The largest absolute Gasteiger partial charge is 0.462 e. The van der Waals surface area contributed by atoms with Gasteiger partial charge in [0.2, 0.25) is 4.80 Å². The molecule has 4 rings (SSSR count). The molecule has 0 N–H and O–H groups in total. The third-order valence-corrected chi connectivity index (χ3v) is 6.73. The van der Waals surface area contributed by atoms with Crippen molar-refractivity contribution in [2.75, 3.05) is 0 Å². The fraction of sp³-hybridized carbons (Fsp3) is 0.333. The second-order valence-electron chi connectivity index (χ2n) is 8.03. The van der Waals surface area contributed by atoms with Crippen LogP contribution < -0.4 is 21.9 Å². The summed E-state index contributed by atoms with van der Waals surface area (Å²) in [5.41, 5.74) is -3.61. The molecule has 3 heterocycles. The van der Waals surface area contributed by atoms with Gasteiger partial charge in [-0.1, -0.05) is 29.0 Å². The van der Waals surface area contributed by atoms with Gasteiger partial charge in [0.15, 0.2) is 9.77 Å². The van der Waals surface area contributed by atoms with Gasteiger partial charge in [0.25, 0.3) is 0 Å². The van der Waals surface area contributed by atoms with E-state index in [1.54, 1.807) is 29.4 Å². The van der Waals surface area contributed by atoms with Gasteiger partial charge in [-0.25, -0.2) is 42.1 Å². The molecule has 190 valence electrons. The molecule has 3 aromatic rings. The average molecular weight is 555 g/mol. The zero-order chi connectivity index (χ0) is 26.3. The van der Waals surface area contributed by atoms with E-state index in [9.17, 15) is 23.6 Å². The molecule has 0 unspecified atom stereocenters. The molecular formula is C21H20ClFN6O5S2. The van der Waals surface area contributed by atoms with E-state index in [1.165, 1.54) is 0 Å². The number of rotatable bonds is 5. The number of benzene rings is 1. The molecule has 1 aliphatic rings. The molecule has 0 radical (unpaired) electrons. The zero-order valence-corrected chi connectivity index (χ0v) is 21.7. The van der Waals surface area contributed by atoms with Crippen LogP contribution in [0.3, 0.4) is 0 Å². The van der Waals surface area contributed by atoms with Gasteiger partial charge < -0.3 is 4.74 Å². The summed E-state index contributed by atoms with van der Waals surface area (Å²) in [6.07, 6.45) is 3.99. The molecule has 1 aromatic carbocycles. The van der Waals surface area contributed by atoms with E-state index in [0.29, 0.717) is 29.0 Å². The Morgan fingerprint density at radius 3 is 2.67 bits per heavy atom. The van der Waals surface area contributed by atoms with Crippen LogP contribution in [0.1, 0.15) is 20.3 Å². The molecule has 0 bridgehead atoms. The quantitative estimate of drug-likeness (QED) is 0.352. The number of nitrogens with zero attached hydrogens (tertiary/aromatic N) is 6. The van der Waals surface area contributed by atoms with Gasteiger partial charge in [0.1, 0.15) is 12.2 Å². The van der Waals surface area contributed by atoms with E-state index in [2.05, 4.69) is 4.99 Å². The number of esters is 1. The van der Waals surface area contributed by atoms with E-state index in [1.807, 2.05) is 6.08 Å². The van der Waals surface area contributed by atoms with Gasteiger partial charge in [0, 0.05) is 19.8 Å². The Morgan fingerprint density at radius 1 is 1.25 bits per heavy atom. The van der Waals surface area contributed by atoms with Crippen LogP contribution >= 0.6 is 35.2 Å². The number of hydrogen-bond donors (Lipinski definition) is 0. The van der Waals surface area contributed by atoms with Crippen molar-refractivity contribution in [1.82, 2.24) is 23.1 Å². The lowest BCUT2D eigenvalue weighted by Gasteiger charge is -2.14. The van der Waals surface area contributed by atoms with E-state index in [4.69, 9.17) is 28.6 Å². The lowest BCUT2D eigenvalue weighted by molar-refractivity contribution is -0.148. The molecule has 15 heteroatoms. The van der Waals surface area contributed by atoms with Gasteiger partial charge in [-0.05, 0) is 44.6 Å². The predicted molar refractivity (Wildman–Crippen MR) is 134 cm³/mol. The molecule has 36 heavy (non-hydrogen) atoms. The van der Waals surface area contributed by atoms with Crippen LogP contribution in [0, 0.1) is 9.77 Å². The van der Waals surface area contributed by atoms with Crippen molar-refractivity contribution in [2.24, 2.45) is 12.0 Å². The van der Waals surface area contributed by atoms with Crippen molar-refractivity contribution in [1.29, 1.82) is 0 Å². The number of carbonyl (C=O) groups is 1. The minimum absolute atomic E-state index is 0.206. The highest BCUT2D eigenvalue weighted by Crippen LogP contribution is 2.27. The molecule has 0 amide bonds. The number of hydrogen-bond acceptors (Lipinski definition) is 8. The predicted octanol–water partition coefficient (Wildman–Crippen LogP) is 1.94. The Bertz CT molecular complexity index is 1720. The maximum absolute atomic E-state index is 14.9. The molecule has 0 spiro atoms. The van der Waals surface area contributed by atoms with Crippen LogP contribution in [0.2, 0.25) is 5.02 Å². The molecule has 11 nitrogen and oxygen atoms in total. The SMILES string of the molecule is CC(C)OC(=O)Cn1c(=O)n(C)c(=O)n(-c2cc(N=c3sc(=S)n4n3CCC=C4)c(F)cc2Cl)c1=O. The highest BCUT2D eigenvalue weighted by molar-refractivity contribution is 7.73. The van der Waals surface area contributed by atoms with Gasteiger partial charge in [-0.2, -0.15) is 0 Å². The molecule has 1 aliphatic heterocycles. The van der Waals surface area contributed by atoms with Crippen LogP contribution in [0.4, 0.5) is 10.1 Å². The molecule has 0 saturated carbocycles. The van der Waals surface area contributed by atoms with E-state index in [0.717, 1.165) is 36.9 Å². The first-order chi connectivity index (χ1) is 17.0. The number of halogens is 2. The smallest absolute Gasteiger partial charge is 0.341 e. The number of fused-ring (bicyclic) bond motifs is 1.